The van der Waals surface area contributed by atoms with Crippen LogP contribution < -0.4 is 16.0 Å². The average Bonchev–Trinajstić information content (AvgIpc) is 2.42. The Bertz CT molecular complexity index is 485. The second-order valence-electron chi connectivity index (χ2n) is 5.04. The lowest BCUT2D eigenvalue weighted by atomic mass is 10.2. The Kier molecular flexibility index (Phi) is 7.30. The molecule has 1 atom stereocenters. The van der Waals surface area contributed by atoms with Crippen molar-refractivity contribution in [2.45, 2.75) is 46.1 Å². The molecule has 0 aliphatic carbocycles. The molecule has 1 rings (SSSR count). The fourth-order valence-corrected chi connectivity index (χ4v) is 1.94. The van der Waals surface area contributed by atoms with E-state index in [-0.39, 0.29) is 11.5 Å². The van der Waals surface area contributed by atoms with Gasteiger partial charge in [-0.3, -0.25) is 4.79 Å². The third kappa shape index (κ3) is 5.33. The average molecular weight is 296 g/mol. The SMILES string of the molecule is CCCCCCOc1cccn(CC(C)C(N)=S)c1=O. The molecule has 1 aromatic rings. The number of thiocarbonyl (C=S) groups is 1. The second-order valence-corrected chi connectivity index (χ2v) is 5.51. The third-order valence-corrected chi connectivity index (χ3v) is 3.60. The fourth-order valence-electron chi connectivity index (χ4n) is 1.86. The van der Waals surface area contributed by atoms with E-state index in [9.17, 15) is 4.79 Å². The van der Waals surface area contributed by atoms with E-state index in [0.717, 1.165) is 12.8 Å². The van der Waals surface area contributed by atoms with Crippen LogP contribution >= 0.6 is 12.2 Å². The van der Waals surface area contributed by atoms with E-state index in [2.05, 4.69) is 6.92 Å². The van der Waals surface area contributed by atoms with Gasteiger partial charge in [0.1, 0.15) is 0 Å². The van der Waals surface area contributed by atoms with Gasteiger partial charge >= 0.3 is 0 Å². The number of nitrogens with two attached hydrogens (primary N) is 1. The Labute approximate surface area is 125 Å². The molecule has 0 amide bonds. The first-order valence-corrected chi connectivity index (χ1v) is 7.58. The summed E-state index contributed by atoms with van der Waals surface area (Å²) in [5.74, 6) is 0.390. The van der Waals surface area contributed by atoms with Gasteiger partial charge in [-0.1, -0.05) is 45.3 Å². The lowest BCUT2D eigenvalue weighted by Gasteiger charge is -2.13. The maximum absolute atomic E-state index is 12.2. The molecular formula is C15H24N2O2S. The molecule has 0 fully saturated rings. The molecule has 0 aliphatic heterocycles. The number of aromatic nitrogens is 1. The molecule has 0 aliphatic rings. The Hall–Kier alpha value is -1.36. The van der Waals surface area contributed by atoms with Gasteiger partial charge in [-0.15, -0.1) is 0 Å². The molecule has 2 N–H and O–H groups in total. The van der Waals surface area contributed by atoms with E-state index < -0.39 is 0 Å². The number of ether oxygens (including phenoxy) is 1. The van der Waals surface area contributed by atoms with Crippen molar-refractivity contribution in [3.05, 3.63) is 28.7 Å². The number of nitrogens with zero attached hydrogens (tertiary/aromatic N) is 1. The number of rotatable bonds is 9. The number of hydrogen-bond acceptors (Lipinski definition) is 3. The smallest absolute Gasteiger partial charge is 0.292 e. The number of pyridine rings is 1. The topological polar surface area (TPSA) is 57.2 Å². The Morgan fingerprint density at radius 1 is 1.45 bits per heavy atom. The lowest BCUT2D eigenvalue weighted by Crippen LogP contribution is -2.29. The monoisotopic (exact) mass is 296 g/mol. The molecule has 0 aromatic carbocycles. The predicted molar refractivity (Wildman–Crippen MR) is 86.3 cm³/mol. The van der Waals surface area contributed by atoms with Crippen molar-refractivity contribution in [3.8, 4) is 5.75 Å². The zero-order valence-corrected chi connectivity index (χ0v) is 13.1. The van der Waals surface area contributed by atoms with E-state index in [0.29, 0.717) is 23.9 Å². The minimum absolute atomic E-state index is 0.0116. The maximum Gasteiger partial charge on any atom is 0.292 e. The highest BCUT2D eigenvalue weighted by Gasteiger charge is 2.09. The fraction of sp³-hybridized carbons (Fsp3) is 0.600. The van der Waals surface area contributed by atoms with Crippen molar-refractivity contribution in [2.75, 3.05) is 6.61 Å². The van der Waals surface area contributed by atoms with Crippen molar-refractivity contribution in [2.24, 2.45) is 11.7 Å². The molecule has 1 heterocycles. The molecule has 0 bridgehead atoms. The van der Waals surface area contributed by atoms with Crippen molar-refractivity contribution in [1.29, 1.82) is 0 Å². The molecule has 4 nitrogen and oxygen atoms in total. The molecule has 112 valence electrons. The number of hydrogen-bond donors (Lipinski definition) is 1. The highest BCUT2D eigenvalue weighted by molar-refractivity contribution is 7.80. The first-order chi connectivity index (χ1) is 9.56. The van der Waals surface area contributed by atoms with Crippen LogP contribution in [-0.2, 0) is 6.54 Å². The van der Waals surface area contributed by atoms with Gasteiger partial charge in [0.25, 0.3) is 5.56 Å². The van der Waals surface area contributed by atoms with Crippen molar-refractivity contribution < 1.29 is 4.74 Å². The van der Waals surface area contributed by atoms with Crippen LogP contribution in [0.1, 0.15) is 39.5 Å². The third-order valence-electron chi connectivity index (χ3n) is 3.20. The quantitative estimate of drug-likeness (QED) is 0.562. The molecule has 1 unspecified atom stereocenters. The molecule has 0 radical (unpaired) electrons. The zero-order chi connectivity index (χ0) is 15.0. The zero-order valence-electron chi connectivity index (χ0n) is 12.3. The summed E-state index contributed by atoms with van der Waals surface area (Å²) >= 11 is 4.94. The van der Waals surface area contributed by atoms with E-state index in [4.69, 9.17) is 22.7 Å². The van der Waals surface area contributed by atoms with Crippen LogP contribution in [0, 0.1) is 5.92 Å². The van der Waals surface area contributed by atoms with Gasteiger partial charge in [-0.25, -0.2) is 0 Å². The molecular weight excluding hydrogens is 272 g/mol. The van der Waals surface area contributed by atoms with E-state index >= 15 is 0 Å². The summed E-state index contributed by atoms with van der Waals surface area (Å²) in [7, 11) is 0. The van der Waals surface area contributed by atoms with Gasteiger partial charge in [-0.05, 0) is 18.6 Å². The van der Waals surface area contributed by atoms with Crippen LogP contribution in [0.3, 0.4) is 0 Å². The van der Waals surface area contributed by atoms with Gasteiger partial charge in [0.05, 0.1) is 11.6 Å². The largest absolute Gasteiger partial charge is 0.488 e. The summed E-state index contributed by atoms with van der Waals surface area (Å²) in [6, 6.07) is 3.53. The van der Waals surface area contributed by atoms with Crippen molar-refractivity contribution >= 4 is 17.2 Å². The Morgan fingerprint density at radius 2 is 2.20 bits per heavy atom. The van der Waals surface area contributed by atoms with Crippen LogP contribution in [0.25, 0.3) is 0 Å². The van der Waals surface area contributed by atoms with Gasteiger partial charge in [0.2, 0.25) is 0 Å². The van der Waals surface area contributed by atoms with Gasteiger partial charge < -0.3 is 15.0 Å². The predicted octanol–water partition coefficient (Wildman–Crippen LogP) is 2.73. The first kappa shape index (κ1) is 16.7. The highest BCUT2D eigenvalue weighted by atomic mass is 32.1. The minimum atomic E-state index is -0.119. The van der Waals surface area contributed by atoms with Gasteiger partial charge in [0.15, 0.2) is 5.75 Å². The van der Waals surface area contributed by atoms with Crippen molar-refractivity contribution in [1.82, 2.24) is 4.57 Å². The highest BCUT2D eigenvalue weighted by Crippen LogP contribution is 2.07. The summed E-state index contributed by atoms with van der Waals surface area (Å²) in [5.41, 5.74) is 5.46. The summed E-state index contributed by atoms with van der Waals surface area (Å²) in [4.78, 5) is 12.6. The van der Waals surface area contributed by atoms with E-state index in [1.165, 1.54) is 12.8 Å². The Balaban J connectivity index is 2.61. The van der Waals surface area contributed by atoms with Crippen LogP contribution in [-0.4, -0.2) is 16.2 Å². The van der Waals surface area contributed by atoms with Gasteiger partial charge in [-0.2, -0.15) is 0 Å². The standard InChI is InChI=1S/C15H24N2O2S/c1-3-4-5-6-10-19-13-8-7-9-17(15(13)18)11-12(2)14(16)20/h7-9,12H,3-6,10-11H2,1-2H3,(H2,16,20). The number of unbranched alkanes of at least 4 members (excludes halogenated alkanes) is 3. The Morgan fingerprint density at radius 3 is 2.85 bits per heavy atom. The molecule has 1 aromatic heterocycles. The minimum Gasteiger partial charge on any atom is -0.488 e. The summed E-state index contributed by atoms with van der Waals surface area (Å²) in [6.07, 6.45) is 6.24. The van der Waals surface area contributed by atoms with Crippen LogP contribution in [0.4, 0.5) is 0 Å². The van der Waals surface area contributed by atoms with Crippen LogP contribution in [0.5, 0.6) is 5.75 Å². The molecule has 5 heteroatoms. The van der Waals surface area contributed by atoms with Crippen molar-refractivity contribution in [3.63, 3.8) is 0 Å². The van der Waals surface area contributed by atoms with E-state index in [1.807, 2.05) is 13.0 Å². The summed E-state index contributed by atoms with van der Waals surface area (Å²) in [5, 5.41) is 0. The normalized spacial score (nSPS) is 12.1. The lowest BCUT2D eigenvalue weighted by molar-refractivity contribution is 0.298. The second kappa shape index (κ2) is 8.74. The molecule has 0 saturated heterocycles. The van der Waals surface area contributed by atoms with Gasteiger partial charge in [0, 0.05) is 18.7 Å². The van der Waals surface area contributed by atoms with Crippen LogP contribution in [0.2, 0.25) is 0 Å². The maximum atomic E-state index is 12.2. The molecule has 0 saturated carbocycles. The molecule has 20 heavy (non-hydrogen) atoms. The summed E-state index contributed by atoms with van der Waals surface area (Å²) in [6.45, 7) is 5.15. The first-order valence-electron chi connectivity index (χ1n) is 7.17. The van der Waals surface area contributed by atoms with E-state index in [1.54, 1.807) is 16.8 Å². The summed E-state index contributed by atoms with van der Waals surface area (Å²) < 4.78 is 7.17. The van der Waals surface area contributed by atoms with Crippen LogP contribution in [0.15, 0.2) is 23.1 Å². The molecule has 0 spiro atoms.